The molecule has 2 aromatic carbocycles. The number of hydrogen-bond acceptors (Lipinski definition) is 4. The summed E-state index contributed by atoms with van der Waals surface area (Å²) in [6.45, 7) is 2.06. The summed E-state index contributed by atoms with van der Waals surface area (Å²) in [5, 5.41) is 11.6. The Morgan fingerprint density at radius 2 is 1.64 bits per heavy atom. The normalized spacial score (nSPS) is 12.4. The van der Waals surface area contributed by atoms with Gasteiger partial charge in [-0.15, -0.1) is 0 Å². The Morgan fingerprint density at radius 1 is 1.04 bits per heavy atom. The lowest BCUT2D eigenvalue weighted by Crippen LogP contribution is -2.42. The number of carbonyl (C=O) groups excluding carboxylic acids is 1. The Morgan fingerprint density at radius 3 is 2.25 bits per heavy atom. The Balaban J connectivity index is 2.33. The van der Waals surface area contributed by atoms with E-state index in [0.717, 1.165) is 24.0 Å². The maximum Gasteiger partial charge on any atom is 0.326 e. The van der Waals surface area contributed by atoms with Gasteiger partial charge >= 0.3 is 5.97 Å². The van der Waals surface area contributed by atoms with E-state index >= 15 is 0 Å². The molecule has 2 rings (SSSR count). The van der Waals surface area contributed by atoms with Crippen molar-refractivity contribution < 1.29 is 27.7 Å². The molecule has 1 atom stereocenters. The minimum Gasteiger partial charge on any atom is -0.480 e. The van der Waals surface area contributed by atoms with Gasteiger partial charge in [-0.1, -0.05) is 55.8 Å². The molecule has 0 aliphatic rings. The van der Waals surface area contributed by atoms with E-state index in [-0.39, 0.29) is 0 Å². The van der Waals surface area contributed by atoms with Crippen molar-refractivity contribution >= 4 is 22.0 Å². The molecular formula is C20H23NO6S. The van der Waals surface area contributed by atoms with Crippen LogP contribution in [-0.2, 0) is 21.3 Å². The van der Waals surface area contributed by atoms with Gasteiger partial charge in [-0.2, -0.15) is 8.42 Å². The molecule has 0 aromatic heterocycles. The van der Waals surface area contributed by atoms with Crippen LogP contribution >= 0.6 is 0 Å². The predicted octanol–water partition coefficient (Wildman–Crippen LogP) is 2.77. The summed E-state index contributed by atoms with van der Waals surface area (Å²) in [4.78, 5) is 24.1. The number of aliphatic carboxylic acids is 1. The smallest absolute Gasteiger partial charge is 0.326 e. The van der Waals surface area contributed by atoms with Gasteiger partial charge in [-0.3, -0.25) is 9.35 Å². The molecule has 7 nitrogen and oxygen atoms in total. The van der Waals surface area contributed by atoms with Crippen molar-refractivity contribution in [2.45, 2.75) is 32.2 Å². The topological polar surface area (TPSA) is 121 Å². The van der Waals surface area contributed by atoms with Crippen molar-refractivity contribution in [3.8, 4) is 11.1 Å². The lowest BCUT2D eigenvalue weighted by molar-refractivity contribution is -0.139. The molecule has 0 fully saturated rings. The zero-order chi connectivity index (χ0) is 20.7. The molecule has 0 radical (unpaired) electrons. The molecule has 0 unspecified atom stereocenters. The van der Waals surface area contributed by atoms with Gasteiger partial charge in [0.1, 0.15) is 6.04 Å². The summed E-state index contributed by atoms with van der Waals surface area (Å²) in [6.07, 6.45) is 1.33. The highest BCUT2D eigenvalue weighted by Crippen LogP contribution is 2.28. The summed E-state index contributed by atoms with van der Waals surface area (Å²) < 4.78 is 30.6. The lowest BCUT2D eigenvalue weighted by Gasteiger charge is -2.17. The van der Waals surface area contributed by atoms with E-state index in [0.29, 0.717) is 11.1 Å². The van der Waals surface area contributed by atoms with E-state index in [2.05, 4.69) is 12.2 Å². The highest BCUT2D eigenvalue weighted by molar-refractivity contribution is 7.85. The van der Waals surface area contributed by atoms with Crippen LogP contribution in [0.1, 0.15) is 35.7 Å². The predicted molar refractivity (Wildman–Crippen MR) is 106 cm³/mol. The maximum atomic E-state index is 12.8. The number of aryl methyl sites for hydroxylation is 1. The number of benzene rings is 2. The third kappa shape index (κ3) is 5.90. The molecule has 0 spiro atoms. The molecule has 0 heterocycles. The number of rotatable bonds is 9. The van der Waals surface area contributed by atoms with Gasteiger partial charge in [0.15, 0.2) is 0 Å². The van der Waals surface area contributed by atoms with Crippen molar-refractivity contribution in [2.75, 3.05) is 5.75 Å². The third-order valence-electron chi connectivity index (χ3n) is 4.27. The van der Waals surface area contributed by atoms with Crippen LogP contribution in [0.15, 0.2) is 48.5 Å². The molecule has 8 heteroatoms. The Bertz CT molecular complexity index is 955. The summed E-state index contributed by atoms with van der Waals surface area (Å²) in [6, 6.07) is 13.1. The number of carboxylic acids is 1. The number of nitrogens with one attached hydrogen (secondary N) is 1. The zero-order valence-corrected chi connectivity index (χ0v) is 16.3. The van der Waals surface area contributed by atoms with E-state index in [1.54, 1.807) is 24.3 Å². The van der Waals surface area contributed by atoms with Crippen molar-refractivity contribution in [2.24, 2.45) is 0 Å². The van der Waals surface area contributed by atoms with E-state index < -0.39 is 40.2 Å². The molecular weight excluding hydrogens is 382 g/mol. The van der Waals surface area contributed by atoms with E-state index in [9.17, 15) is 23.1 Å². The van der Waals surface area contributed by atoms with E-state index in [1.165, 1.54) is 0 Å². The van der Waals surface area contributed by atoms with Gasteiger partial charge in [0, 0.05) is 5.56 Å². The second-order valence-electron chi connectivity index (χ2n) is 6.39. The summed E-state index contributed by atoms with van der Waals surface area (Å²) >= 11 is 0. The highest BCUT2D eigenvalue weighted by atomic mass is 32.2. The van der Waals surface area contributed by atoms with Crippen LogP contribution in [0, 0.1) is 0 Å². The van der Waals surface area contributed by atoms with Crippen LogP contribution in [0.4, 0.5) is 0 Å². The molecule has 0 aliphatic carbocycles. The van der Waals surface area contributed by atoms with Crippen LogP contribution < -0.4 is 5.32 Å². The standard InChI is InChI=1S/C20H23NO6S/c1-2-7-14-8-3-4-9-15(14)16-10-5-6-11-17(16)19(22)21-18(20(23)24)12-13-28(25,26)27/h3-6,8-11,18H,2,7,12-13H2,1H3,(H,21,22)(H,23,24)(H,25,26,27)/t18-/m0/s1. The molecule has 3 N–H and O–H groups in total. The van der Waals surface area contributed by atoms with Gasteiger partial charge in [0.05, 0.1) is 5.75 Å². The second kappa shape index (κ2) is 9.48. The SMILES string of the molecule is CCCc1ccccc1-c1ccccc1C(=O)N[C@@H](CCS(=O)(=O)O)C(=O)O. The summed E-state index contributed by atoms with van der Waals surface area (Å²) in [5.41, 5.74) is 2.93. The fourth-order valence-corrected chi connectivity index (χ4v) is 3.48. The van der Waals surface area contributed by atoms with Crippen molar-refractivity contribution in [3.05, 3.63) is 59.7 Å². The average Bonchev–Trinajstić information content (AvgIpc) is 2.64. The summed E-state index contributed by atoms with van der Waals surface area (Å²) in [5.74, 6) is -2.75. The maximum absolute atomic E-state index is 12.8. The molecule has 1 amide bonds. The van der Waals surface area contributed by atoms with Crippen molar-refractivity contribution in [3.63, 3.8) is 0 Å². The van der Waals surface area contributed by atoms with Gasteiger partial charge in [-0.05, 0) is 35.6 Å². The Labute approximate surface area is 164 Å². The highest BCUT2D eigenvalue weighted by Gasteiger charge is 2.24. The third-order valence-corrected chi connectivity index (χ3v) is 5.02. The number of carboxylic acid groups (broad SMARTS) is 1. The van der Waals surface area contributed by atoms with E-state index in [4.69, 9.17) is 4.55 Å². The first-order valence-corrected chi connectivity index (χ1v) is 10.5. The molecule has 0 bridgehead atoms. The zero-order valence-electron chi connectivity index (χ0n) is 15.5. The van der Waals surface area contributed by atoms with Gasteiger partial charge < -0.3 is 10.4 Å². The number of carbonyl (C=O) groups is 2. The summed E-state index contributed by atoms with van der Waals surface area (Å²) in [7, 11) is -4.33. The number of hydrogen-bond donors (Lipinski definition) is 3. The molecule has 28 heavy (non-hydrogen) atoms. The van der Waals surface area contributed by atoms with Crippen LogP contribution in [-0.4, -0.2) is 41.7 Å². The lowest BCUT2D eigenvalue weighted by atomic mass is 9.93. The van der Waals surface area contributed by atoms with Gasteiger partial charge in [0.25, 0.3) is 16.0 Å². The van der Waals surface area contributed by atoms with Gasteiger partial charge in [-0.25, -0.2) is 4.79 Å². The van der Waals surface area contributed by atoms with E-state index in [1.807, 2.05) is 24.3 Å². The fraction of sp³-hybridized carbons (Fsp3) is 0.300. The van der Waals surface area contributed by atoms with Crippen LogP contribution in [0.2, 0.25) is 0 Å². The molecule has 0 saturated heterocycles. The quantitative estimate of drug-likeness (QED) is 0.552. The molecule has 0 saturated carbocycles. The Hall–Kier alpha value is -2.71. The number of amides is 1. The van der Waals surface area contributed by atoms with Crippen LogP contribution in [0.25, 0.3) is 11.1 Å². The van der Waals surface area contributed by atoms with Crippen LogP contribution in [0.3, 0.4) is 0 Å². The largest absolute Gasteiger partial charge is 0.480 e. The first kappa shape index (κ1) is 21.6. The minimum absolute atomic E-state index is 0.296. The van der Waals surface area contributed by atoms with Crippen molar-refractivity contribution in [1.29, 1.82) is 0 Å². The molecule has 2 aromatic rings. The Kier molecular flexibility index (Phi) is 7.31. The molecule has 0 aliphatic heterocycles. The van der Waals surface area contributed by atoms with Crippen molar-refractivity contribution in [1.82, 2.24) is 5.32 Å². The van der Waals surface area contributed by atoms with Crippen LogP contribution in [0.5, 0.6) is 0 Å². The first-order valence-electron chi connectivity index (χ1n) is 8.89. The first-order chi connectivity index (χ1) is 13.2. The second-order valence-corrected chi connectivity index (χ2v) is 7.96. The molecule has 150 valence electrons. The average molecular weight is 405 g/mol. The minimum atomic E-state index is -4.33. The monoisotopic (exact) mass is 405 g/mol. The fourth-order valence-electron chi connectivity index (χ4n) is 2.95. The van der Waals surface area contributed by atoms with Gasteiger partial charge in [0.2, 0.25) is 0 Å².